The van der Waals surface area contributed by atoms with Gasteiger partial charge in [-0.1, -0.05) is 30.3 Å². The number of primary amides is 2. The third-order valence-electron chi connectivity index (χ3n) is 3.96. The molecule has 4 amide bonds. The maximum absolute atomic E-state index is 11.5. The topological polar surface area (TPSA) is 144 Å². The molecule has 3 aromatic rings. The van der Waals surface area contributed by atoms with Crippen LogP contribution < -0.4 is 21.5 Å². The largest absolute Gasteiger partial charge is 0.489 e. The molecule has 0 aliphatic carbocycles. The van der Waals surface area contributed by atoms with Gasteiger partial charge in [-0.15, -0.1) is 0 Å². The number of carbonyl (C=O) groups excluding carboxylic acids is 2. The van der Waals surface area contributed by atoms with Crippen LogP contribution in [-0.2, 0) is 6.61 Å². The predicted octanol–water partition coefficient (Wildman–Crippen LogP) is 3.13. The van der Waals surface area contributed by atoms with E-state index in [4.69, 9.17) is 13.9 Å². The lowest BCUT2D eigenvalue weighted by Gasteiger charge is -2.19. The number of amides is 4. The number of carbonyl (C=O) groups is 2. The summed E-state index contributed by atoms with van der Waals surface area (Å²) in [4.78, 5) is 20.5. The van der Waals surface area contributed by atoms with E-state index in [9.17, 15) is 10.0 Å². The van der Waals surface area contributed by atoms with Gasteiger partial charge in [0, 0.05) is 18.5 Å². The van der Waals surface area contributed by atoms with Crippen molar-refractivity contribution in [3.05, 3.63) is 65.9 Å². The first-order chi connectivity index (χ1) is 13.8. The number of nitrogens with zero attached hydrogens (tertiary/aromatic N) is 1. The second kappa shape index (κ2) is 10.00. The molecule has 1 unspecified atom stereocenters. The lowest BCUT2D eigenvalue weighted by molar-refractivity contribution is -0.0786. The normalized spacial score (nSPS) is 11.1. The predicted molar refractivity (Wildman–Crippen MR) is 107 cm³/mol. The Morgan fingerprint density at radius 3 is 2.45 bits per heavy atom. The minimum atomic E-state index is -0.833. The summed E-state index contributed by atoms with van der Waals surface area (Å²) < 4.78 is 11.6. The first-order valence-corrected chi connectivity index (χ1v) is 8.76. The van der Waals surface area contributed by atoms with E-state index in [1.165, 1.54) is 7.05 Å². The van der Waals surface area contributed by atoms with Gasteiger partial charge in [-0.05, 0) is 30.7 Å². The van der Waals surface area contributed by atoms with Crippen LogP contribution in [0.2, 0.25) is 0 Å². The zero-order chi connectivity index (χ0) is 21.4. The Labute approximate surface area is 167 Å². The van der Waals surface area contributed by atoms with Gasteiger partial charge >= 0.3 is 12.1 Å². The Balaban J connectivity index is 0.000000687. The van der Waals surface area contributed by atoms with Gasteiger partial charge in [0.2, 0.25) is 0 Å². The maximum atomic E-state index is 11.5. The van der Waals surface area contributed by atoms with Crippen molar-refractivity contribution in [2.75, 3.05) is 7.05 Å². The van der Waals surface area contributed by atoms with Crippen molar-refractivity contribution in [3.63, 3.8) is 0 Å². The van der Waals surface area contributed by atoms with Gasteiger partial charge in [0.15, 0.2) is 0 Å². The highest BCUT2D eigenvalue weighted by Gasteiger charge is 2.22. The first kappa shape index (κ1) is 21.6. The number of hydroxylamine groups is 2. The fraction of sp³-hybridized carbons (Fsp3) is 0.200. The molecule has 9 heteroatoms. The summed E-state index contributed by atoms with van der Waals surface area (Å²) in [5, 5.41) is 13.7. The summed E-state index contributed by atoms with van der Waals surface area (Å²) >= 11 is 0. The van der Waals surface area contributed by atoms with Crippen LogP contribution >= 0.6 is 0 Å². The number of nitrogens with two attached hydrogens (primary N) is 2. The third kappa shape index (κ3) is 6.15. The molecule has 2 aromatic carbocycles. The van der Waals surface area contributed by atoms with Gasteiger partial charge < -0.3 is 25.9 Å². The van der Waals surface area contributed by atoms with E-state index >= 15 is 0 Å². The number of furan rings is 1. The molecule has 29 heavy (non-hydrogen) atoms. The summed E-state index contributed by atoms with van der Waals surface area (Å²) in [5.41, 5.74) is 10.2. The van der Waals surface area contributed by atoms with Crippen molar-refractivity contribution >= 4 is 23.0 Å². The second-order valence-corrected chi connectivity index (χ2v) is 6.10. The number of hydrogen-bond donors (Lipinski definition) is 4. The Hall–Kier alpha value is -3.72. The van der Waals surface area contributed by atoms with E-state index in [2.05, 4.69) is 16.8 Å². The average molecular weight is 400 g/mol. The highest BCUT2D eigenvalue weighted by molar-refractivity contribution is 5.80. The van der Waals surface area contributed by atoms with Crippen molar-refractivity contribution in [2.24, 2.45) is 11.5 Å². The van der Waals surface area contributed by atoms with Crippen molar-refractivity contribution in [3.8, 4) is 5.75 Å². The van der Waals surface area contributed by atoms with Crippen LogP contribution in [0.3, 0.4) is 0 Å². The van der Waals surface area contributed by atoms with Crippen LogP contribution in [0.1, 0.15) is 24.3 Å². The number of fused-ring (bicyclic) bond motifs is 1. The van der Waals surface area contributed by atoms with E-state index in [1.807, 2.05) is 42.5 Å². The fourth-order valence-electron chi connectivity index (χ4n) is 2.48. The smallest absolute Gasteiger partial charge is 0.341 e. The molecular weight excluding hydrogens is 376 g/mol. The molecule has 9 nitrogen and oxygen atoms in total. The van der Waals surface area contributed by atoms with Crippen LogP contribution in [0.15, 0.2) is 59.0 Å². The molecule has 0 aliphatic heterocycles. The highest BCUT2D eigenvalue weighted by atomic mass is 16.5. The van der Waals surface area contributed by atoms with Crippen LogP contribution in [0.4, 0.5) is 9.59 Å². The molecule has 0 radical (unpaired) electrons. The summed E-state index contributed by atoms with van der Waals surface area (Å²) in [6, 6.07) is 15.2. The maximum Gasteiger partial charge on any atom is 0.341 e. The molecule has 1 heterocycles. The Morgan fingerprint density at radius 1 is 1.17 bits per heavy atom. The van der Waals surface area contributed by atoms with Crippen LogP contribution in [0.25, 0.3) is 11.0 Å². The van der Waals surface area contributed by atoms with E-state index in [-0.39, 0.29) is 0 Å². The molecule has 6 N–H and O–H groups in total. The Kier molecular flexibility index (Phi) is 7.44. The molecule has 0 spiro atoms. The standard InChI is InChI=1S/C19H20N2O4.CH4N2O/c1-13(21(23)19(22)20-2)17-10-15-8-9-16(11-18(15)25-17)24-12-14-6-4-3-5-7-14;2-1(3)4/h3-11,13,23H,12H2,1-2H3,(H,20,22);(H4,2,3,4). The zero-order valence-electron chi connectivity index (χ0n) is 16.2. The molecular formula is C20H24N4O5. The van der Waals surface area contributed by atoms with Crippen LogP contribution in [-0.4, -0.2) is 29.4 Å². The molecule has 0 saturated heterocycles. The number of ether oxygens (including phenoxy) is 1. The molecule has 1 aromatic heterocycles. The summed E-state index contributed by atoms with van der Waals surface area (Å²) in [5.74, 6) is 1.18. The van der Waals surface area contributed by atoms with E-state index in [0.717, 1.165) is 10.9 Å². The van der Waals surface area contributed by atoms with Crippen LogP contribution in [0, 0.1) is 0 Å². The van der Waals surface area contributed by atoms with Crippen molar-refractivity contribution in [2.45, 2.75) is 19.6 Å². The average Bonchev–Trinajstić information content (AvgIpc) is 3.14. The third-order valence-corrected chi connectivity index (χ3v) is 3.96. The number of rotatable bonds is 5. The molecule has 3 rings (SSSR count). The molecule has 0 bridgehead atoms. The summed E-state index contributed by atoms with van der Waals surface area (Å²) in [7, 11) is 1.45. The second-order valence-electron chi connectivity index (χ2n) is 6.10. The monoisotopic (exact) mass is 400 g/mol. The van der Waals surface area contributed by atoms with E-state index in [0.29, 0.717) is 28.8 Å². The van der Waals surface area contributed by atoms with Gasteiger partial charge in [-0.25, -0.2) is 9.59 Å². The van der Waals surface area contributed by atoms with E-state index in [1.54, 1.807) is 19.1 Å². The number of nitrogens with one attached hydrogen (secondary N) is 1. The molecule has 0 aliphatic rings. The molecule has 0 fully saturated rings. The first-order valence-electron chi connectivity index (χ1n) is 8.76. The van der Waals surface area contributed by atoms with Gasteiger partial charge in [0.05, 0.1) is 0 Å². The Morgan fingerprint density at radius 2 is 1.83 bits per heavy atom. The minimum absolute atomic E-state index is 0.470. The fourth-order valence-corrected chi connectivity index (χ4v) is 2.48. The van der Waals surface area contributed by atoms with Crippen molar-refractivity contribution in [1.29, 1.82) is 0 Å². The van der Waals surface area contributed by atoms with Crippen molar-refractivity contribution in [1.82, 2.24) is 10.4 Å². The number of urea groups is 2. The summed E-state index contributed by atoms with van der Waals surface area (Å²) in [6.07, 6.45) is 0. The molecule has 0 saturated carbocycles. The lowest BCUT2D eigenvalue weighted by atomic mass is 10.2. The quantitative estimate of drug-likeness (QED) is 0.384. The highest BCUT2D eigenvalue weighted by Crippen LogP contribution is 2.29. The number of hydrogen-bond acceptors (Lipinski definition) is 5. The van der Waals surface area contributed by atoms with Gasteiger partial charge in [0.1, 0.15) is 29.7 Å². The Bertz CT molecular complexity index is 954. The van der Waals surface area contributed by atoms with Gasteiger partial charge in [0.25, 0.3) is 0 Å². The van der Waals surface area contributed by atoms with E-state index < -0.39 is 18.1 Å². The van der Waals surface area contributed by atoms with Crippen molar-refractivity contribution < 1.29 is 24.0 Å². The lowest BCUT2D eigenvalue weighted by Crippen LogP contribution is -2.37. The SMILES string of the molecule is CNC(=O)N(O)C(C)c1cc2ccc(OCc3ccccc3)cc2o1.NC(N)=O. The molecule has 1 atom stereocenters. The zero-order valence-corrected chi connectivity index (χ0v) is 16.2. The molecule has 154 valence electrons. The van der Waals surface area contributed by atoms with Gasteiger partial charge in [-0.3, -0.25) is 5.21 Å². The van der Waals surface area contributed by atoms with Crippen LogP contribution in [0.5, 0.6) is 5.75 Å². The minimum Gasteiger partial charge on any atom is -0.489 e. The number of benzene rings is 2. The summed E-state index contributed by atoms with van der Waals surface area (Å²) in [6.45, 7) is 2.15. The van der Waals surface area contributed by atoms with Gasteiger partial charge in [-0.2, -0.15) is 5.06 Å².